The summed E-state index contributed by atoms with van der Waals surface area (Å²) in [5.41, 5.74) is 1.28. The lowest BCUT2D eigenvalue weighted by Gasteiger charge is -2.26. The zero-order chi connectivity index (χ0) is 24.0. The van der Waals surface area contributed by atoms with Gasteiger partial charge in [-0.25, -0.2) is 0 Å². The van der Waals surface area contributed by atoms with Gasteiger partial charge in [0.2, 0.25) is 0 Å². The standard InChI is InChI=1S/C26H32N2O5/c1-5-17-33-21-13-9-19(10-14-21)24(29)22-23(18-7-11-20(12-8-18)32-6-2)28(16-15-27(3)4)26(31)25(22)30/h7-14,23,29H,5-6,15-17H2,1-4H3/b24-22+/t23-/m1/s1. The second kappa shape index (κ2) is 11.0. The molecule has 1 aliphatic rings. The highest BCUT2D eigenvalue weighted by molar-refractivity contribution is 6.46. The molecule has 0 saturated carbocycles. The van der Waals surface area contributed by atoms with E-state index in [-0.39, 0.29) is 11.3 Å². The maximum atomic E-state index is 13.1. The Morgan fingerprint density at radius 1 is 0.970 bits per heavy atom. The lowest BCUT2D eigenvalue weighted by atomic mass is 9.95. The van der Waals surface area contributed by atoms with E-state index < -0.39 is 17.7 Å². The van der Waals surface area contributed by atoms with E-state index in [0.717, 1.165) is 12.0 Å². The predicted molar refractivity (Wildman–Crippen MR) is 127 cm³/mol. The maximum Gasteiger partial charge on any atom is 0.295 e. The van der Waals surface area contributed by atoms with E-state index in [0.29, 0.717) is 43.4 Å². The normalized spacial score (nSPS) is 17.6. The van der Waals surface area contributed by atoms with Crippen LogP contribution in [0.4, 0.5) is 0 Å². The van der Waals surface area contributed by atoms with Crippen LogP contribution in [0.1, 0.15) is 37.4 Å². The number of hydrogen-bond donors (Lipinski definition) is 1. The van der Waals surface area contributed by atoms with E-state index in [4.69, 9.17) is 9.47 Å². The molecule has 0 radical (unpaired) electrons. The molecule has 0 unspecified atom stereocenters. The number of carbonyl (C=O) groups excluding carboxylic acids is 2. The second-order valence-corrected chi connectivity index (χ2v) is 8.17. The Labute approximate surface area is 195 Å². The number of aliphatic hydroxyl groups is 1. The summed E-state index contributed by atoms with van der Waals surface area (Å²) in [7, 11) is 3.81. The van der Waals surface area contributed by atoms with Crippen LogP contribution in [0.3, 0.4) is 0 Å². The third kappa shape index (κ3) is 5.54. The van der Waals surface area contributed by atoms with Crippen LogP contribution in [-0.4, -0.2) is 67.0 Å². The van der Waals surface area contributed by atoms with Crippen molar-refractivity contribution in [3.8, 4) is 11.5 Å². The maximum absolute atomic E-state index is 13.1. The Hall–Kier alpha value is -3.32. The van der Waals surface area contributed by atoms with Crippen molar-refractivity contribution in [1.82, 2.24) is 9.80 Å². The Morgan fingerprint density at radius 3 is 2.15 bits per heavy atom. The van der Waals surface area contributed by atoms with Gasteiger partial charge in [-0.2, -0.15) is 0 Å². The lowest BCUT2D eigenvalue weighted by molar-refractivity contribution is -0.140. The summed E-state index contributed by atoms with van der Waals surface area (Å²) in [4.78, 5) is 29.5. The summed E-state index contributed by atoms with van der Waals surface area (Å²) in [5.74, 6) is -0.102. The third-order valence-corrected chi connectivity index (χ3v) is 5.44. The number of hydrogen-bond acceptors (Lipinski definition) is 6. The number of nitrogens with zero attached hydrogens (tertiary/aromatic N) is 2. The Bertz CT molecular complexity index is 996. The highest BCUT2D eigenvalue weighted by atomic mass is 16.5. The highest BCUT2D eigenvalue weighted by Crippen LogP contribution is 2.39. The van der Waals surface area contributed by atoms with E-state index in [1.165, 1.54) is 4.90 Å². The number of benzene rings is 2. The molecular formula is C26H32N2O5. The van der Waals surface area contributed by atoms with Crippen molar-refractivity contribution in [3.05, 3.63) is 65.2 Å². The molecule has 2 aromatic rings. The van der Waals surface area contributed by atoms with Crippen molar-refractivity contribution in [2.75, 3.05) is 40.4 Å². The highest BCUT2D eigenvalue weighted by Gasteiger charge is 2.45. The van der Waals surface area contributed by atoms with Gasteiger partial charge in [0.1, 0.15) is 17.3 Å². The van der Waals surface area contributed by atoms with E-state index in [1.54, 1.807) is 24.3 Å². The third-order valence-electron chi connectivity index (χ3n) is 5.44. The number of Topliss-reactive ketones (excluding diaryl/α,β-unsaturated/α-hetero) is 1. The van der Waals surface area contributed by atoms with Crippen molar-refractivity contribution >= 4 is 17.4 Å². The number of aliphatic hydroxyl groups excluding tert-OH is 1. The van der Waals surface area contributed by atoms with Gasteiger partial charge in [-0.1, -0.05) is 19.1 Å². The molecule has 1 N–H and O–H groups in total. The molecule has 0 spiro atoms. The number of ether oxygens (including phenoxy) is 2. The average molecular weight is 453 g/mol. The molecular weight excluding hydrogens is 420 g/mol. The van der Waals surface area contributed by atoms with Crippen molar-refractivity contribution in [1.29, 1.82) is 0 Å². The molecule has 3 rings (SSSR count). The summed E-state index contributed by atoms with van der Waals surface area (Å²) in [5, 5.41) is 11.1. The molecule has 7 nitrogen and oxygen atoms in total. The van der Waals surface area contributed by atoms with Gasteiger partial charge >= 0.3 is 0 Å². The number of likely N-dealkylation sites (N-methyl/N-ethyl adjacent to an activating group) is 1. The molecule has 1 aliphatic heterocycles. The fourth-order valence-corrected chi connectivity index (χ4v) is 3.76. The van der Waals surface area contributed by atoms with Crippen LogP contribution in [0.25, 0.3) is 5.76 Å². The van der Waals surface area contributed by atoms with Crippen LogP contribution < -0.4 is 9.47 Å². The molecule has 0 aliphatic carbocycles. The van der Waals surface area contributed by atoms with E-state index in [1.807, 2.05) is 57.1 Å². The summed E-state index contributed by atoms with van der Waals surface area (Å²) < 4.78 is 11.1. The molecule has 176 valence electrons. The van der Waals surface area contributed by atoms with Gasteiger partial charge in [0.25, 0.3) is 11.7 Å². The molecule has 7 heteroatoms. The first kappa shape index (κ1) is 24.3. The first-order valence-corrected chi connectivity index (χ1v) is 11.3. The second-order valence-electron chi connectivity index (χ2n) is 8.17. The van der Waals surface area contributed by atoms with Crippen molar-refractivity contribution in [2.45, 2.75) is 26.3 Å². The number of likely N-dealkylation sites (tertiary alicyclic amines) is 1. The number of rotatable bonds is 10. The number of carbonyl (C=O) groups is 2. The molecule has 0 bridgehead atoms. The first-order valence-electron chi connectivity index (χ1n) is 11.3. The smallest absolute Gasteiger partial charge is 0.295 e. The van der Waals surface area contributed by atoms with E-state index in [2.05, 4.69) is 0 Å². The minimum Gasteiger partial charge on any atom is -0.507 e. The summed E-state index contributed by atoms with van der Waals surface area (Å²) in [6, 6.07) is 13.5. The molecule has 1 fully saturated rings. The van der Waals surface area contributed by atoms with Crippen LogP contribution in [0, 0.1) is 0 Å². The Kier molecular flexibility index (Phi) is 8.11. The molecule has 1 heterocycles. The monoisotopic (exact) mass is 452 g/mol. The molecule has 1 atom stereocenters. The van der Waals surface area contributed by atoms with Gasteiger partial charge in [0.15, 0.2) is 0 Å². The molecule has 2 aromatic carbocycles. The lowest BCUT2D eigenvalue weighted by Crippen LogP contribution is -2.35. The van der Waals surface area contributed by atoms with Crippen molar-refractivity contribution < 1.29 is 24.2 Å². The first-order chi connectivity index (χ1) is 15.9. The van der Waals surface area contributed by atoms with Crippen molar-refractivity contribution in [2.24, 2.45) is 0 Å². The van der Waals surface area contributed by atoms with Gasteiger partial charge in [0.05, 0.1) is 24.8 Å². The minimum atomic E-state index is -0.684. The summed E-state index contributed by atoms with van der Waals surface area (Å²) >= 11 is 0. The van der Waals surface area contributed by atoms with Crippen LogP contribution in [0.5, 0.6) is 11.5 Å². The molecule has 1 amide bonds. The number of amides is 1. The fraction of sp³-hybridized carbons (Fsp3) is 0.385. The molecule has 1 saturated heterocycles. The van der Waals surface area contributed by atoms with E-state index in [9.17, 15) is 14.7 Å². The van der Waals surface area contributed by atoms with Crippen LogP contribution in [0.15, 0.2) is 54.1 Å². The predicted octanol–water partition coefficient (Wildman–Crippen LogP) is 3.86. The van der Waals surface area contributed by atoms with Crippen LogP contribution in [0.2, 0.25) is 0 Å². The van der Waals surface area contributed by atoms with Gasteiger partial charge in [-0.3, -0.25) is 9.59 Å². The van der Waals surface area contributed by atoms with Crippen molar-refractivity contribution in [3.63, 3.8) is 0 Å². The molecule has 33 heavy (non-hydrogen) atoms. The Balaban J connectivity index is 2.03. The van der Waals surface area contributed by atoms with Gasteiger partial charge in [0, 0.05) is 18.7 Å². The van der Waals surface area contributed by atoms with Crippen LogP contribution in [-0.2, 0) is 9.59 Å². The fourth-order valence-electron chi connectivity index (χ4n) is 3.76. The Morgan fingerprint density at radius 2 is 1.58 bits per heavy atom. The summed E-state index contributed by atoms with van der Waals surface area (Å²) in [6.45, 7) is 6.01. The topological polar surface area (TPSA) is 79.3 Å². The van der Waals surface area contributed by atoms with Gasteiger partial charge in [-0.15, -0.1) is 0 Å². The average Bonchev–Trinajstić information content (AvgIpc) is 3.06. The zero-order valence-electron chi connectivity index (χ0n) is 19.7. The van der Waals surface area contributed by atoms with Crippen LogP contribution >= 0.6 is 0 Å². The quantitative estimate of drug-likeness (QED) is 0.335. The van der Waals surface area contributed by atoms with Gasteiger partial charge in [-0.05, 0) is 69.4 Å². The minimum absolute atomic E-state index is 0.0881. The zero-order valence-corrected chi connectivity index (χ0v) is 19.7. The SMILES string of the molecule is CCCOc1ccc(/C(O)=C2\C(=O)C(=O)N(CCN(C)C)[C@@H]2c2ccc(OCC)cc2)cc1. The van der Waals surface area contributed by atoms with Gasteiger partial charge < -0.3 is 24.4 Å². The number of ketones is 1. The molecule has 0 aromatic heterocycles. The largest absolute Gasteiger partial charge is 0.507 e. The summed E-state index contributed by atoms with van der Waals surface area (Å²) in [6.07, 6.45) is 0.889. The van der Waals surface area contributed by atoms with E-state index >= 15 is 0 Å².